The van der Waals surface area contributed by atoms with E-state index in [-0.39, 0.29) is 5.91 Å². The highest BCUT2D eigenvalue weighted by molar-refractivity contribution is 9.10. The van der Waals surface area contributed by atoms with Gasteiger partial charge in [0.1, 0.15) is 0 Å². The maximum atomic E-state index is 12.3. The largest absolute Gasteiger partial charge is 0.324 e. The average molecular weight is 397 g/mol. The fourth-order valence-corrected chi connectivity index (χ4v) is 2.69. The second-order valence-corrected chi connectivity index (χ2v) is 6.55. The van der Waals surface area contributed by atoms with Crippen molar-refractivity contribution in [3.63, 3.8) is 0 Å². The van der Waals surface area contributed by atoms with Gasteiger partial charge in [-0.05, 0) is 49.2 Å². The van der Waals surface area contributed by atoms with Crippen LogP contribution in [0.1, 0.15) is 21.5 Å². The van der Waals surface area contributed by atoms with Gasteiger partial charge in [0.25, 0.3) is 5.91 Å². The Hall–Kier alpha value is -2.73. The molecule has 0 saturated carbocycles. The number of anilines is 3. The second-order valence-electron chi connectivity index (χ2n) is 5.63. The van der Waals surface area contributed by atoms with Gasteiger partial charge in [-0.25, -0.2) is 9.97 Å². The van der Waals surface area contributed by atoms with Gasteiger partial charge in [-0.15, -0.1) is 0 Å². The van der Waals surface area contributed by atoms with Crippen LogP contribution >= 0.6 is 15.9 Å². The molecule has 6 heteroatoms. The monoisotopic (exact) mass is 396 g/mol. The predicted molar refractivity (Wildman–Crippen MR) is 103 cm³/mol. The summed E-state index contributed by atoms with van der Waals surface area (Å²) < 4.78 is 0.898. The molecular weight excluding hydrogens is 380 g/mol. The van der Waals surface area contributed by atoms with E-state index in [1.807, 2.05) is 43.3 Å². The molecule has 0 radical (unpaired) electrons. The van der Waals surface area contributed by atoms with Crippen molar-refractivity contribution in [1.29, 1.82) is 0 Å². The molecule has 1 amide bonds. The van der Waals surface area contributed by atoms with Crippen LogP contribution in [0.25, 0.3) is 0 Å². The number of carbonyl (C=O) groups excluding carboxylic acids is 1. The van der Waals surface area contributed by atoms with Gasteiger partial charge in [0, 0.05) is 28.2 Å². The Bertz CT molecular complexity index is 910. The summed E-state index contributed by atoms with van der Waals surface area (Å²) in [4.78, 5) is 20.7. The summed E-state index contributed by atoms with van der Waals surface area (Å²) in [6.45, 7) is 4.09. The molecule has 0 spiro atoms. The van der Waals surface area contributed by atoms with Gasteiger partial charge in [-0.3, -0.25) is 4.79 Å². The molecule has 0 fully saturated rings. The Morgan fingerprint density at radius 3 is 2.48 bits per heavy atom. The average Bonchev–Trinajstić information content (AvgIpc) is 2.59. The first-order chi connectivity index (χ1) is 12.0. The molecule has 1 heterocycles. The van der Waals surface area contributed by atoms with Crippen molar-refractivity contribution in [2.24, 2.45) is 0 Å². The minimum atomic E-state index is -0.253. The highest BCUT2D eigenvalue weighted by atomic mass is 79.9. The molecule has 3 aromatic rings. The standard InChI is InChI=1S/C19H17BrN4O/c1-12-5-3-8-17(13(12)2)24-19-21-10-14(11-22-19)18(25)23-16-7-4-6-15(20)9-16/h3-11H,1-2H3,(H,23,25)(H,21,22,24). The molecule has 0 saturated heterocycles. The normalized spacial score (nSPS) is 10.4. The van der Waals surface area contributed by atoms with Crippen LogP contribution in [0.4, 0.5) is 17.3 Å². The summed E-state index contributed by atoms with van der Waals surface area (Å²) in [6.07, 6.45) is 3.02. The molecule has 25 heavy (non-hydrogen) atoms. The lowest BCUT2D eigenvalue weighted by atomic mass is 10.1. The highest BCUT2D eigenvalue weighted by Gasteiger charge is 2.09. The lowest BCUT2D eigenvalue weighted by Crippen LogP contribution is -2.13. The van der Waals surface area contributed by atoms with Crippen LogP contribution in [0.15, 0.2) is 59.3 Å². The molecule has 0 aliphatic rings. The van der Waals surface area contributed by atoms with Crippen LogP contribution in [0.3, 0.4) is 0 Å². The number of hydrogen-bond acceptors (Lipinski definition) is 4. The maximum Gasteiger partial charge on any atom is 0.258 e. The Morgan fingerprint density at radius 2 is 1.76 bits per heavy atom. The Kier molecular flexibility index (Phi) is 5.09. The third kappa shape index (κ3) is 4.22. The first-order valence-corrected chi connectivity index (χ1v) is 8.54. The van der Waals surface area contributed by atoms with Gasteiger partial charge in [0.15, 0.2) is 0 Å². The van der Waals surface area contributed by atoms with E-state index in [9.17, 15) is 4.79 Å². The van der Waals surface area contributed by atoms with E-state index in [2.05, 4.69) is 49.5 Å². The zero-order valence-electron chi connectivity index (χ0n) is 13.9. The number of amides is 1. The third-order valence-electron chi connectivity index (χ3n) is 3.85. The minimum Gasteiger partial charge on any atom is -0.324 e. The van der Waals surface area contributed by atoms with Crippen LogP contribution in [-0.4, -0.2) is 15.9 Å². The molecule has 3 rings (SSSR count). The number of aromatic nitrogens is 2. The minimum absolute atomic E-state index is 0.253. The smallest absolute Gasteiger partial charge is 0.258 e. The predicted octanol–water partition coefficient (Wildman–Crippen LogP) is 4.85. The zero-order valence-corrected chi connectivity index (χ0v) is 15.5. The van der Waals surface area contributed by atoms with Crippen LogP contribution in [-0.2, 0) is 0 Å². The molecule has 126 valence electrons. The summed E-state index contributed by atoms with van der Waals surface area (Å²) in [5.74, 6) is 0.198. The molecule has 0 atom stereocenters. The van der Waals surface area contributed by atoms with E-state index in [1.54, 1.807) is 0 Å². The molecule has 0 unspecified atom stereocenters. The second kappa shape index (κ2) is 7.44. The number of nitrogens with one attached hydrogen (secondary N) is 2. The molecular formula is C19H17BrN4O. The molecule has 2 N–H and O–H groups in total. The van der Waals surface area contributed by atoms with Gasteiger partial charge >= 0.3 is 0 Å². The third-order valence-corrected chi connectivity index (χ3v) is 4.34. The number of carbonyl (C=O) groups is 1. The van der Waals surface area contributed by atoms with E-state index in [0.29, 0.717) is 17.2 Å². The first kappa shape index (κ1) is 17.1. The first-order valence-electron chi connectivity index (χ1n) is 7.75. The van der Waals surface area contributed by atoms with Gasteiger partial charge in [-0.1, -0.05) is 34.1 Å². The van der Waals surface area contributed by atoms with E-state index < -0.39 is 0 Å². The van der Waals surface area contributed by atoms with E-state index in [1.165, 1.54) is 18.0 Å². The van der Waals surface area contributed by atoms with Crippen molar-refractivity contribution < 1.29 is 4.79 Å². The summed E-state index contributed by atoms with van der Waals surface area (Å²) in [6, 6.07) is 13.4. The van der Waals surface area contributed by atoms with Crippen molar-refractivity contribution in [2.75, 3.05) is 10.6 Å². The molecule has 2 aromatic carbocycles. The SMILES string of the molecule is Cc1cccc(Nc2ncc(C(=O)Nc3cccc(Br)c3)cn2)c1C. The van der Waals surface area contributed by atoms with Crippen molar-refractivity contribution in [3.05, 3.63) is 76.0 Å². The Labute approximate surface area is 154 Å². The summed E-state index contributed by atoms with van der Waals surface area (Å²) in [5.41, 5.74) is 4.38. The molecule has 5 nitrogen and oxygen atoms in total. The molecule has 0 aliphatic carbocycles. The molecule has 0 bridgehead atoms. The topological polar surface area (TPSA) is 66.9 Å². The quantitative estimate of drug-likeness (QED) is 0.661. The Morgan fingerprint density at radius 1 is 1.04 bits per heavy atom. The van der Waals surface area contributed by atoms with Gasteiger partial charge in [-0.2, -0.15) is 0 Å². The van der Waals surface area contributed by atoms with Gasteiger partial charge in [0.2, 0.25) is 5.95 Å². The van der Waals surface area contributed by atoms with E-state index in [4.69, 9.17) is 0 Å². The number of halogens is 1. The lowest BCUT2D eigenvalue weighted by Gasteiger charge is -2.10. The van der Waals surface area contributed by atoms with Gasteiger partial charge in [0.05, 0.1) is 5.56 Å². The lowest BCUT2D eigenvalue weighted by molar-refractivity contribution is 0.102. The van der Waals surface area contributed by atoms with Crippen LogP contribution in [0.5, 0.6) is 0 Å². The fraction of sp³-hybridized carbons (Fsp3) is 0.105. The number of nitrogens with zero attached hydrogens (tertiary/aromatic N) is 2. The van der Waals surface area contributed by atoms with Crippen LogP contribution < -0.4 is 10.6 Å². The summed E-state index contributed by atoms with van der Waals surface area (Å²) in [5, 5.41) is 5.99. The number of hydrogen-bond donors (Lipinski definition) is 2. The summed E-state index contributed by atoms with van der Waals surface area (Å²) >= 11 is 3.38. The summed E-state index contributed by atoms with van der Waals surface area (Å²) in [7, 11) is 0. The van der Waals surface area contributed by atoms with E-state index in [0.717, 1.165) is 15.7 Å². The Balaban J connectivity index is 1.71. The van der Waals surface area contributed by atoms with Crippen LogP contribution in [0, 0.1) is 13.8 Å². The molecule has 0 aliphatic heterocycles. The van der Waals surface area contributed by atoms with Crippen molar-refractivity contribution in [1.82, 2.24) is 9.97 Å². The highest BCUT2D eigenvalue weighted by Crippen LogP contribution is 2.21. The van der Waals surface area contributed by atoms with Gasteiger partial charge < -0.3 is 10.6 Å². The van der Waals surface area contributed by atoms with Crippen molar-refractivity contribution >= 4 is 39.2 Å². The van der Waals surface area contributed by atoms with Crippen LogP contribution in [0.2, 0.25) is 0 Å². The number of benzene rings is 2. The van der Waals surface area contributed by atoms with Crippen molar-refractivity contribution in [2.45, 2.75) is 13.8 Å². The fourth-order valence-electron chi connectivity index (χ4n) is 2.29. The molecule has 1 aromatic heterocycles. The van der Waals surface area contributed by atoms with Crippen molar-refractivity contribution in [3.8, 4) is 0 Å². The maximum absolute atomic E-state index is 12.3. The number of rotatable bonds is 4. The van der Waals surface area contributed by atoms with E-state index >= 15 is 0 Å². The number of aryl methyl sites for hydroxylation is 1. The zero-order chi connectivity index (χ0) is 17.8.